The Balaban J connectivity index is 1.36. The van der Waals surface area contributed by atoms with Gasteiger partial charge in [0.2, 0.25) is 0 Å². The minimum Gasteiger partial charge on any atom is -0.292 e. The second-order valence-corrected chi connectivity index (χ2v) is 8.43. The summed E-state index contributed by atoms with van der Waals surface area (Å²) in [6, 6.07) is 41.9. The van der Waals surface area contributed by atoms with Gasteiger partial charge in [-0.2, -0.15) is 5.10 Å². The number of pyridine rings is 1. The third kappa shape index (κ3) is 2.93. The van der Waals surface area contributed by atoms with E-state index in [0.717, 1.165) is 50.4 Å². The third-order valence-corrected chi connectivity index (χ3v) is 6.35. The van der Waals surface area contributed by atoms with Gasteiger partial charge in [-0.05, 0) is 42.5 Å². The van der Waals surface area contributed by atoms with E-state index in [1.54, 1.807) is 0 Å². The molecule has 4 nitrogen and oxygen atoms in total. The molecule has 34 heavy (non-hydrogen) atoms. The fraction of sp³-hybridized carbons (Fsp3) is 0. The molecule has 0 N–H and O–H groups in total. The first-order valence-electron chi connectivity index (χ1n) is 11.4. The Kier molecular flexibility index (Phi) is 4.11. The highest BCUT2D eigenvalue weighted by atomic mass is 15.2. The van der Waals surface area contributed by atoms with Crippen molar-refractivity contribution in [1.82, 2.24) is 19.2 Å². The van der Waals surface area contributed by atoms with Gasteiger partial charge in [0.25, 0.3) is 0 Å². The second kappa shape index (κ2) is 7.42. The molecule has 0 aliphatic rings. The zero-order valence-electron chi connectivity index (χ0n) is 18.3. The minimum atomic E-state index is 0.939. The maximum absolute atomic E-state index is 4.94. The van der Waals surface area contributed by atoms with Crippen LogP contribution in [0.5, 0.6) is 0 Å². The van der Waals surface area contributed by atoms with Crippen molar-refractivity contribution in [3.63, 3.8) is 0 Å². The van der Waals surface area contributed by atoms with Crippen molar-refractivity contribution in [2.24, 2.45) is 0 Å². The Labute approximate surface area is 196 Å². The fourth-order valence-corrected chi connectivity index (χ4v) is 4.69. The summed E-state index contributed by atoms with van der Waals surface area (Å²) in [4.78, 5) is 4.94. The van der Waals surface area contributed by atoms with Gasteiger partial charge in [-0.1, -0.05) is 78.9 Å². The molecule has 3 heterocycles. The van der Waals surface area contributed by atoms with Gasteiger partial charge in [-0.3, -0.25) is 4.57 Å². The summed E-state index contributed by atoms with van der Waals surface area (Å²) in [5.41, 5.74) is 8.49. The number of para-hydroxylation sites is 3. The monoisotopic (exact) mass is 436 g/mol. The molecule has 0 saturated carbocycles. The standard InChI is InChI=1S/C30H20N4/c1-2-9-23(10-3-1)30-31-26-11-5-7-13-29(26)33(30)24-17-14-21(15-18-24)27-20-25-19-16-22-8-4-6-12-28(22)34(25)32-27/h1-20H. The topological polar surface area (TPSA) is 35.1 Å². The quantitative estimate of drug-likeness (QED) is 0.295. The molecule has 3 aromatic heterocycles. The lowest BCUT2D eigenvalue weighted by atomic mass is 10.1. The maximum Gasteiger partial charge on any atom is 0.145 e. The van der Waals surface area contributed by atoms with E-state index in [2.05, 4.69) is 114 Å². The first kappa shape index (κ1) is 18.8. The van der Waals surface area contributed by atoms with Crippen molar-refractivity contribution in [1.29, 1.82) is 0 Å². The number of nitrogens with zero attached hydrogens (tertiary/aromatic N) is 4. The van der Waals surface area contributed by atoms with Crippen molar-refractivity contribution in [3.05, 3.63) is 121 Å². The summed E-state index contributed by atoms with van der Waals surface area (Å²) in [6.07, 6.45) is 0. The molecule has 0 aliphatic carbocycles. The van der Waals surface area contributed by atoms with E-state index in [1.165, 1.54) is 5.39 Å². The van der Waals surface area contributed by atoms with Crippen LogP contribution in [-0.4, -0.2) is 19.2 Å². The second-order valence-electron chi connectivity index (χ2n) is 8.43. The van der Waals surface area contributed by atoms with Crippen molar-refractivity contribution in [2.45, 2.75) is 0 Å². The highest BCUT2D eigenvalue weighted by Crippen LogP contribution is 2.30. The van der Waals surface area contributed by atoms with E-state index in [0.29, 0.717) is 0 Å². The first-order chi connectivity index (χ1) is 16.8. The van der Waals surface area contributed by atoms with Crippen LogP contribution < -0.4 is 0 Å². The summed E-state index contributed by atoms with van der Waals surface area (Å²) in [7, 11) is 0. The molecule has 7 rings (SSSR count). The minimum absolute atomic E-state index is 0.939. The number of aromatic nitrogens is 4. The van der Waals surface area contributed by atoms with Crippen LogP contribution in [0.25, 0.3) is 55.8 Å². The predicted molar refractivity (Wildman–Crippen MR) is 138 cm³/mol. The van der Waals surface area contributed by atoms with Gasteiger partial charge < -0.3 is 0 Å². The largest absolute Gasteiger partial charge is 0.292 e. The molecule has 0 atom stereocenters. The molecular weight excluding hydrogens is 416 g/mol. The zero-order valence-corrected chi connectivity index (χ0v) is 18.3. The van der Waals surface area contributed by atoms with Crippen LogP contribution in [0.4, 0.5) is 0 Å². The van der Waals surface area contributed by atoms with E-state index in [-0.39, 0.29) is 0 Å². The summed E-state index contributed by atoms with van der Waals surface area (Å²) in [5, 5.41) is 6.10. The van der Waals surface area contributed by atoms with E-state index in [1.807, 2.05) is 16.6 Å². The Morgan fingerprint density at radius 2 is 1.29 bits per heavy atom. The summed E-state index contributed by atoms with van der Waals surface area (Å²) in [6.45, 7) is 0. The Hall–Kier alpha value is -4.70. The van der Waals surface area contributed by atoms with E-state index >= 15 is 0 Å². The molecule has 4 heteroatoms. The van der Waals surface area contributed by atoms with Gasteiger partial charge in [-0.25, -0.2) is 9.50 Å². The number of fused-ring (bicyclic) bond motifs is 4. The maximum atomic E-state index is 4.94. The van der Waals surface area contributed by atoms with E-state index in [9.17, 15) is 0 Å². The molecule has 0 aliphatic heterocycles. The van der Waals surface area contributed by atoms with Gasteiger partial charge in [0.05, 0.1) is 27.8 Å². The normalized spacial score (nSPS) is 11.5. The highest BCUT2D eigenvalue weighted by Gasteiger charge is 2.14. The fourth-order valence-electron chi connectivity index (χ4n) is 4.69. The molecule has 0 radical (unpaired) electrons. The number of imidazole rings is 1. The average molecular weight is 437 g/mol. The lowest BCUT2D eigenvalue weighted by Crippen LogP contribution is -1.97. The molecular formula is C30H20N4. The molecule has 0 unspecified atom stereocenters. The molecule has 4 aromatic carbocycles. The van der Waals surface area contributed by atoms with Gasteiger partial charge in [-0.15, -0.1) is 0 Å². The van der Waals surface area contributed by atoms with Crippen molar-refractivity contribution >= 4 is 27.5 Å². The van der Waals surface area contributed by atoms with E-state index in [4.69, 9.17) is 10.1 Å². The first-order valence-corrected chi connectivity index (χ1v) is 11.4. The summed E-state index contributed by atoms with van der Waals surface area (Å²) < 4.78 is 4.25. The number of hydrogen-bond acceptors (Lipinski definition) is 2. The SMILES string of the molecule is c1ccc(-c2nc3ccccc3n2-c2ccc(-c3cc4ccc5ccccc5n4n3)cc2)cc1. The molecule has 0 saturated heterocycles. The lowest BCUT2D eigenvalue weighted by molar-refractivity contribution is 1.01. The molecule has 0 bridgehead atoms. The molecule has 7 aromatic rings. The smallest absolute Gasteiger partial charge is 0.145 e. The van der Waals surface area contributed by atoms with E-state index < -0.39 is 0 Å². The van der Waals surface area contributed by atoms with Gasteiger partial charge >= 0.3 is 0 Å². The van der Waals surface area contributed by atoms with Crippen LogP contribution in [0.2, 0.25) is 0 Å². The summed E-state index contributed by atoms with van der Waals surface area (Å²) >= 11 is 0. The Morgan fingerprint density at radius 1 is 0.559 bits per heavy atom. The van der Waals surface area contributed by atoms with Gasteiger partial charge in [0.1, 0.15) is 5.82 Å². The van der Waals surface area contributed by atoms with Gasteiger partial charge in [0.15, 0.2) is 0 Å². The van der Waals surface area contributed by atoms with Crippen molar-refractivity contribution in [3.8, 4) is 28.3 Å². The highest BCUT2D eigenvalue weighted by molar-refractivity contribution is 5.85. The van der Waals surface area contributed by atoms with Gasteiger partial charge in [0, 0.05) is 22.2 Å². The Bertz CT molecular complexity index is 1790. The Morgan fingerprint density at radius 3 is 2.15 bits per heavy atom. The van der Waals surface area contributed by atoms with Crippen LogP contribution in [-0.2, 0) is 0 Å². The third-order valence-electron chi connectivity index (χ3n) is 6.35. The van der Waals surface area contributed by atoms with Crippen LogP contribution in [0.3, 0.4) is 0 Å². The average Bonchev–Trinajstić information content (AvgIpc) is 3.52. The van der Waals surface area contributed by atoms with Crippen molar-refractivity contribution in [2.75, 3.05) is 0 Å². The van der Waals surface area contributed by atoms with Crippen molar-refractivity contribution < 1.29 is 0 Å². The summed E-state index contributed by atoms with van der Waals surface area (Å²) in [5.74, 6) is 0.939. The molecule has 0 fully saturated rings. The number of hydrogen-bond donors (Lipinski definition) is 0. The van der Waals surface area contributed by atoms with Crippen LogP contribution in [0.15, 0.2) is 121 Å². The lowest BCUT2D eigenvalue weighted by Gasteiger charge is -2.10. The molecule has 0 amide bonds. The number of benzene rings is 4. The van der Waals surface area contributed by atoms with Crippen LogP contribution >= 0.6 is 0 Å². The number of rotatable bonds is 3. The molecule has 0 spiro atoms. The van der Waals surface area contributed by atoms with Crippen LogP contribution in [0.1, 0.15) is 0 Å². The molecule has 160 valence electrons. The predicted octanol–water partition coefficient (Wildman–Crippen LogP) is 7.16. The van der Waals surface area contributed by atoms with Crippen LogP contribution in [0, 0.1) is 0 Å². The zero-order chi connectivity index (χ0) is 22.5.